The molecule has 1 heterocycles. The molecule has 0 spiro atoms. The zero-order valence-electron chi connectivity index (χ0n) is 15.8. The summed E-state index contributed by atoms with van der Waals surface area (Å²) in [5, 5.41) is 6.49. The van der Waals surface area contributed by atoms with Gasteiger partial charge in [-0.15, -0.1) is 0 Å². The molecule has 0 unspecified atom stereocenters. The number of para-hydroxylation sites is 1. The second-order valence-electron chi connectivity index (χ2n) is 6.65. The minimum atomic E-state index is -3.82. The number of rotatable bonds is 6. The average molecular weight is 399 g/mol. The highest BCUT2D eigenvalue weighted by atomic mass is 32.2. The van der Waals surface area contributed by atoms with Crippen LogP contribution >= 0.6 is 0 Å². The fourth-order valence-corrected chi connectivity index (χ4v) is 3.69. The average Bonchev–Trinajstić information content (AvgIpc) is 3.06. The summed E-state index contributed by atoms with van der Waals surface area (Å²) in [7, 11) is -3.82. The summed E-state index contributed by atoms with van der Waals surface area (Å²) >= 11 is 0. The van der Waals surface area contributed by atoms with Gasteiger partial charge in [0, 0.05) is 17.3 Å². The van der Waals surface area contributed by atoms with Crippen LogP contribution in [-0.2, 0) is 10.0 Å². The van der Waals surface area contributed by atoms with Crippen molar-refractivity contribution < 1.29 is 17.7 Å². The van der Waals surface area contributed by atoms with Crippen molar-refractivity contribution in [2.75, 3.05) is 10.0 Å². The lowest BCUT2D eigenvalue weighted by molar-refractivity contribution is 0.102. The summed E-state index contributed by atoms with van der Waals surface area (Å²) in [6.07, 6.45) is 0. The molecule has 0 fully saturated rings. The number of carbonyl (C=O) groups excluding carboxylic acids is 1. The Bertz CT molecular complexity index is 1090. The third-order valence-electron chi connectivity index (χ3n) is 4.12. The van der Waals surface area contributed by atoms with E-state index in [9.17, 15) is 13.2 Å². The summed E-state index contributed by atoms with van der Waals surface area (Å²) in [5.41, 5.74) is 2.12. The molecule has 0 aliphatic heterocycles. The second kappa shape index (κ2) is 7.85. The fourth-order valence-electron chi connectivity index (χ4n) is 2.71. The van der Waals surface area contributed by atoms with E-state index in [4.69, 9.17) is 4.52 Å². The minimum Gasteiger partial charge on any atom is -0.360 e. The molecule has 0 radical (unpaired) electrons. The van der Waals surface area contributed by atoms with Gasteiger partial charge in [-0.25, -0.2) is 8.42 Å². The maximum atomic E-state index is 12.5. The predicted molar refractivity (Wildman–Crippen MR) is 107 cm³/mol. The second-order valence-corrected chi connectivity index (χ2v) is 8.33. The number of anilines is 2. The molecule has 0 aliphatic rings. The number of aromatic nitrogens is 1. The summed E-state index contributed by atoms with van der Waals surface area (Å²) in [6.45, 7) is 5.76. The van der Waals surface area contributed by atoms with Crippen molar-refractivity contribution in [3.8, 4) is 0 Å². The summed E-state index contributed by atoms with van der Waals surface area (Å²) in [6, 6.07) is 14.8. The van der Waals surface area contributed by atoms with Crippen LogP contribution in [-0.4, -0.2) is 19.5 Å². The molecular weight excluding hydrogens is 378 g/mol. The lowest BCUT2D eigenvalue weighted by Crippen LogP contribution is -2.15. The van der Waals surface area contributed by atoms with Crippen molar-refractivity contribution in [1.29, 1.82) is 0 Å². The first kappa shape index (κ1) is 19.6. The molecule has 7 nitrogen and oxygen atoms in total. The van der Waals surface area contributed by atoms with Crippen LogP contribution in [0.25, 0.3) is 0 Å². The number of aryl methyl sites for hydroxylation is 1. The Hall–Kier alpha value is -3.13. The maximum Gasteiger partial charge on any atom is 0.263 e. The highest BCUT2D eigenvalue weighted by molar-refractivity contribution is 7.92. The molecule has 0 saturated carbocycles. The Morgan fingerprint density at radius 1 is 1.07 bits per heavy atom. The largest absolute Gasteiger partial charge is 0.360 e. The summed E-state index contributed by atoms with van der Waals surface area (Å²) in [4.78, 5) is 12.6. The van der Waals surface area contributed by atoms with E-state index in [2.05, 4.69) is 15.2 Å². The van der Waals surface area contributed by atoms with Crippen molar-refractivity contribution in [2.24, 2.45) is 0 Å². The first-order valence-corrected chi connectivity index (χ1v) is 10.2. The van der Waals surface area contributed by atoms with Crippen LogP contribution in [0.4, 0.5) is 11.5 Å². The van der Waals surface area contributed by atoms with E-state index >= 15 is 0 Å². The molecule has 2 aromatic carbocycles. The van der Waals surface area contributed by atoms with E-state index in [0.717, 1.165) is 11.3 Å². The quantitative estimate of drug-likeness (QED) is 0.648. The van der Waals surface area contributed by atoms with Crippen LogP contribution < -0.4 is 10.0 Å². The van der Waals surface area contributed by atoms with Gasteiger partial charge in [0.1, 0.15) is 5.76 Å². The maximum absolute atomic E-state index is 12.5. The monoisotopic (exact) mass is 399 g/mol. The Balaban J connectivity index is 1.76. The Kier molecular flexibility index (Phi) is 5.51. The van der Waals surface area contributed by atoms with Gasteiger partial charge in [0.05, 0.1) is 4.90 Å². The number of hydrogen-bond acceptors (Lipinski definition) is 5. The van der Waals surface area contributed by atoms with Crippen molar-refractivity contribution in [1.82, 2.24) is 5.16 Å². The minimum absolute atomic E-state index is 0.0206. The number of amides is 1. The van der Waals surface area contributed by atoms with E-state index in [-0.39, 0.29) is 22.5 Å². The van der Waals surface area contributed by atoms with Crippen LogP contribution in [0, 0.1) is 6.92 Å². The molecule has 1 amide bonds. The van der Waals surface area contributed by atoms with Gasteiger partial charge in [-0.1, -0.05) is 37.2 Å². The van der Waals surface area contributed by atoms with E-state index in [1.54, 1.807) is 6.92 Å². The third kappa shape index (κ3) is 4.40. The van der Waals surface area contributed by atoms with E-state index in [1.165, 1.54) is 30.3 Å². The van der Waals surface area contributed by atoms with Crippen LogP contribution in [0.1, 0.15) is 41.4 Å². The molecule has 3 aromatic rings. The lowest BCUT2D eigenvalue weighted by atomic mass is 10.0. The predicted octanol–water partition coefficient (Wildman–Crippen LogP) is 4.16. The molecular formula is C20H21N3O4S. The third-order valence-corrected chi connectivity index (χ3v) is 5.50. The van der Waals surface area contributed by atoms with Crippen LogP contribution in [0.5, 0.6) is 0 Å². The van der Waals surface area contributed by atoms with Gasteiger partial charge in [0.15, 0.2) is 5.82 Å². The lowest BCUT2D eigenvalue weighted by Gasteiger charge is -2.13. The van der Waals surface area contributed by atoms with Crippen LogP contribution in [0.15, 0.2) is 64.0 Å². The highest BCUT2D eigenvalue weighted by Gasteiger charge is 2.17. The number of carbonyl (C=O) groups is 1. The smallest absolute Gasteiger partial charge is 0.263 e. The molecule has 1 aromatic heterocycles. The first-order chi connectivity index (χ1) is 13.3. The van der Waals surface area contributed by atoms with Gasteiger partial charge >= 0.3 is 0 Å². The molecule has 0 saturated heterocycles. The molecule has 2 N–H and O–H groups in total. The Morgan fingerprint density at radius 2 is 1.75 bits per heavy atom. The molecule has 8 heteroatoms. The number of benzene rings is 2. The zero-order valence-corrected chi connectivity index (χ0v) is 16.6. The van der Waals surface area contributed by atoms with Crippen molar-refractivity contribution >= 4 is 27.4 Å². The Morgan fingerprint density at radius 3 is 2.36 bits per heavy atom. The normalized spacial score (nSPS) is 11.4. The van der Waals surface area contributed by atoms with Gasteiger partial charge in [-0.3, -0.25) is 9.52 Å². The Labute approximate surface area is 163 Å². The molecule has 28 heavy (non-hydrogen) atoms. The SMILES string of the molecule is Cc1cc(NS(=O)(=O)c2ccc(C(=O)Nc3ccccc3C(C)C)cc2)no1. The highest BCUT2D eigenvalue weighted by Crippen LogP contribution is 2.24. The number of sulfonamides is 1. The molecule has 0 aliphatic carbocycles. The summed E-state index contributed by atoms with van der Waals surface area (Å²) < 4.78 is 32.0. The van der Waals surface area contributed by atoms with E-state index < -0.39 is 10.0 Å². The van der Waals surface area contributed by atoms with Crippen LogP contribution in [0.2, 0.25) is 0 Å². The molecule has 0 atom stereocenters. The molecule has 3 rings (SSSR count). The molecule has 0 bridgehead atoms. The molecule has 146 valence electrons. The number of hydrogen-bond donors (Lipinski definition) is 2. The van der Waals surface area contributed by atoms with E-state index in [0.29, 0.717) is 11.3 Å². The standard InChI is InChI=1S/C20H21N3O4S/c1-13(2)17-6-4-5-7-18(17)21-20(24)15-8-10-16(11-9-15)28(25,26)23-19-12-14(3)27-22-19/h4-13H,1-3H3,(H,21,24)(H,22,23). The van der Waals surface area contributed by atoms with E-state index in [1.807, 2.05) is 38.1 Å². The first-order valence-electron chi connectivity index (χ1n) is 8.73. The van der Waals surface area contributed by atoms with Gasteiger partial charge in [-0.05, 0) is 48.7 Å². The summed E-state index contributed by atoms with van der Waals surface area (Å²) in [5.74, 6) is 0.545. The fraction of sp³-hybridized carbons (Fsp3) is 0.200. The van der Waals surface area contributed by atoms with Gasteiger partial charge in [-0.2, -0.15) is 0 Å². The van der Waals surface area contributed by atoms with Crippen LogP contribution in [0.3, 0.4) is 0 Å². The topological polar surface area (TPSA) is 101 Å². The van der Waals surface area contributed by atoms with Gasteiger partial charge in [0.25, 0.3) is 15.9 Å². The van der Waals surface area contributed by atoms with Crippen molar-refractivity contribution in [2.45, 2.75) is 31.6 Å². The van der Waals surface area contributed by atoms with Gasteiger partial charge < -0.3 is 9.84 Å². The number of nitrogens with one attached hydrogen (secondary N) is 2. The van der Waals surface area contributed by atoms with Crippen molar-refractivity contribution in [3.05, 3.63) is 71.5 Å². The van der Waals surface area contributed by atoms with Crippen molar-refractivity contribution in [3.63, 3.8) is 0 Å². The van der Waals surface area contributed by atoms with Gasteiger partial charge in [0.2, 0.25) is 0 Å². The zero-order chi connectivity index (χ0) is 20.3. The number of nitrogens with zero attached hydrogens (tertiary/aromatic N) is 1.